The lowest BCUT2D eigenvalue weighted by molar-refractivity contribution is 0.507. The molecule has 0 N–H and O–H groups in total. The fourth-order valence-corrected chi connectivity index (χ4v) is 5.39. The van der Waals surface area contributed by atoms with Crippen molar-refractivity contribution in [3.63, 3.8) is 0 Å². The highest BCUT2D eigenvalue weighted by molar-refractivity contribution is 7.27. The lowest BCUT2D eigenvalue weighted by atomic mass is 9.96. The van der Waals surface area contributed by atoms with Gasteiger partial charge >= 0.3 is 0 Å². The molecule has 0 spiro atoms. The highest BCUT2D eigenvalue weighted by Gasteiger charge is 2.18. The van der Waals surface area contributed by atoms with Gasteiger partial charge in [0.25, 0.3) is 18.1 Å². The van der Waals surface area contributed by atoms with Gasteiger partial charge in [0.2, 0.25) is 0 Å². The first-order valence-electron chi connectivity index (χ1n) is 12.4. The average molecular weight is 543 g/mol. The summed E-state index contributed by atoms with van der Waals surface area (Å²) in [6.07, 6.45) is 5.08. The van der Waals surface area contributed by atoms with Crippen molar-refractivity contribution in [1.29, 1.82) is 0 Å². The minimum atomic E-state index is -0.214. The zero-order valence-electron chi connectivity index (χ0n) is 21.7. The van der Waals surface area contributed by atoms with Crippen LogP contribution in [0.15, 0.2) is 110 Å². The van der Waals surface area contributed by atoms with Gasteiger partial charge in [-0.15, -0.1) is 13.2 Å². The summed E-state index contributed by atoms with van der Waals surface area (Å²) >= 11 is 0. The quantitative estimate of drug-likeness (QED) is 0.125. The van der Waals surface area contributed by atoms with Crippen molar-refractivity contribution in [3.8, 4) is 34.1 Å². The molecule has 194 valence electrons. The summed E-state index contributed by atoms with van der Waals surface area (Å²) in [6, 6.07) is 28.1. The molecule has 0 saturated heterocycles. The molecule has 2 unspecified atom stereocenters. The maximum absolute atomic E-state index is 6.33. The summed E-state index contributed by atoms with van der Waals surface area (Å²) < 4.78 is 24.7. The SMILES string of the molecule is C=CCc1cccc(-c2cccc(CC=C)c2OPOc2ccccc2C)c1OPOc1ccccc1C. The molecule has 0 aliphatic carbocycles. The lowest BCUT2D eigenvalue weighted by Gasteiger charge is -2.19. The van der Waals surface area contributed by atoms with E-state index < -0.39 is 0 Å². The van der Waals surface area contributed by atoms with E-state index in [1.54, 1.807) is 0 Å². The van der Waals surface area contributed by atoms with E-state index in [4.69, 9.17) is 18.1 Å². The van der Waals surface area contributed by atoms with Crippen LogP contribution in [0.1, 0.15) is 22.3 Å². The van der Waals surface area contributed by atoms with E-state index in [0.29, 0.717) is 12.8 Å². The first kappa shape index (κ1) is 27.5. The van der Waals surface area contributed by atoms with E-state index in [2.05, 4.69) is 25.3 Å². The maximum atomic E-state index is 6.33. The van der Waals surface area contributed by atoms with Crippen LogP contribution in [0.25, 0.3) is 11.1 Å². The second kappa shape index (κ2) is 13.8. The maximum Gasteiger partial charge on any atom is 0.275 e. The van der Waals surface area contributed by atoms with Crippen LogP contribution in [-0.2, 0) is 12.8 Å². The van der Waals surface area contributed by atoms with Gasteiger partial charge in [-0.1, -0.05) is 84.9 Å². The fraction of sp³-hybridized carbons (Fsp3) is 0.125. The Balaban J connectivity index is 1.66. The molecular weight excluding hydrogens is 510 g/mol. The predicted molar refractivity (Wildman–Crippen MR) is 161 cm³/mol. The molecule has 4 aromatic rings. The number of para-hydroxylation sites is 4. The molecule has 4 nitrogen and oxygen atoms in total. The Hall–Kier alpha value is -3.58. The van der Waals surface area contributed by atoms with Crippen molar-refractivity contribution in [2.75, 3.05) is 0 Å². The van der Waals surface area contributed by atoms with Crippen molar-refractivity contribution in [1.82, 2.24) is 0 Å². The Morgan fingerprint density at radius 3 is 1.37 bits per heavy atom. The summed E-state index contributed by atoms with van der Waals surface area (Å²) in [5.74, 6) is 3.12. The summed E-state index contributed by atoms with van der Waals surface area (Å²) in [6.45, 7) is 11.9. The van der Waals surface area contributed by atoms with E-state index in [0.717, 1.165) is 56.4 Å². The van der Waals surface area contributed by atoms with Crippen molar-refractivity contribution >= 4 is 18.1 Å². The zero-order chi connectivity index (χ0) is 26.7. The molecule has 0 fully saturated rings. The number of aryl methyl sites for hydroxylation is 2. The minimum Gasteiger partial charge on any atom is -0.440 e. The lowest BCUT2D eigenvalue weighted by Crippen LogP contribution is -1.98. The third kappa shape index (κ3) is 6.84. The monoisotopic (exact) mass is 542 g/mol. The first-order chi connectivity index (χ1) is 18.6. The number of rotatable bonds is 13. The molecular formula is C32H32O4P2. The Kier molecular flexibility index (Phi) is 9.98. The van der Waals surface area contributed by atoms with Gasteiger partial charge in [0.15, 0.2) is 0 Å². The van der Waals surface area contributed by atoms with Gasteiger partial charge in [0.05, 0.1) is 0 Å². The minimum absolute atomic E-state index is 0.214. The standard InChI is InChI=1S/C32H32O4P2/c1-5-13-25-17-11-19-27(31(25)35-37-33-29-21-9-7-15-23(29)3)28-20-12-18-26(14-6-2)32(28)36-38-34-30-22-10-8-16-24(30)4/h5-12,15-22,37-38H,1-2,13-14H2,3-4H3. The molecule has 0 aliphatic rings. The van der Waals surface area contributed by atoms with Crippen molar-refractivity contribution in [3.05, 3.63) is 132 Å². The van der Waals surface area contributed by atoms with Gasteiger partial charge in [-0.3, -0.25) is 0 Å². The van der Waals surface area contributed by atoms with Gasteiger partial charge in [-0.05, 0) is 61.1 Å². The molecule has 38 heavy (non-hydrogen) atoms. The van der Waals surface area contributed by atoms with E-state index in [9.17, 15) is 0 Å². The van der Waals surface area contributed by atoms with Crippen LogP contribution in [0.3, 0.4) is 0 Å². The predicted octanol–water partition coefficient (Wildman–Crippen LogP) is 9.36. The summed E-state index contributed by atoms with van der Waals surface area (Å²) in [7, 11) is -0.427. The molecule has 2 atom stereocenters. The van der Waals surface area contributed by atoms with E-state index in [1.807, 2.05) is 98.8 Å². The smallest absolute Gasteiger partial charge is 0.275 e. The second-order valence-electron chi connectivity index (χ2n) is 8.68. The normalized spacial score (nSPS) is 11.1. The molecule has 0 radical (unpaired) electrons. The largest absolute Gasteiger partial charge is 0.440 e. The molecule has 4 rings (SSSR count). The van der Waals surface area contributed by atoms with Crippen molar-refractivity contribution < 1.29 is 18.1 Å². The van der Waals surface area contributed by atoms with Crippen LogP contribution in [-0.4, -0.2) is 0 Å². The summed E-state index contributed by atoms with van der Waals surface area (Å²) in [5, 5.41) is 0. The van der Waals surface area contributed by atoms with Gasteiger partial charge in [0, 0.05) is 11.1 Å². The van der Waals surface area contributed by atoms with Crippen LogP contribution in [0.4, 0.5) is 0 Å². The zero-order valence-corrected chi connectivity index (χ0v) is 23.7. The Morgan fingerprint density at radius 1 is 0.553 bits per heavy atom. The van der Waals surface area contributed by atoms with Gasteiger partial charge in [0.1, 0.15) is 23.0 Å². The molecule has 0 aromatic heterocycles. The summed E-state index contributed by atoms with van der Waals surface area (Å²) in [5.41, 5.74) is 6.02. The number of benzene rings is 4. The van der Waals surface area contributed by atoms with E-state index in [-0.39, 0.29) is 18.1 Å². The second-order valence-corrected chi connectivity index (χ2v) is 9.83. The first-order valence-corrected chi connectivity index (χ1v) is 14.0. The molecule has 0 bridgehead atoms. The highest BCUT2D eigenvalue weighted by atomic mass is 31.1. The van der Waals surface area contributed by atoms with Crippen LogP contribution in [0.2, 0.25) is 0 Å². The molecule has 0 heterocycles. The van der Waals surface area contributed by atoms with Crippen LogP contribution in [0, 0.1) is 13.8 Å². The molecule has 0 amide bonds. The Morgan fingerprint density at radius 2 is 0.974 bits per heavy atom. The molecule has 6 heteroatoms. The van der Waals surface area contributed by atoms with Gasteiger partial charge in [-0.2, -0.15) is 0 Å². The Labute approximate surface area is 229 Å². The molecule has 0 aliphatic heterocycles. The average Bonchev–Trinajstić information content (AvgIpc) is 2.92. The highest BCUT2D eigenvalue weighted by Crippen LogP contribution is 2.44. The van der Waals surface area contributed by atoms with Crippen molar-refractivity contribution in [2.45, 2.75) is 26.7 Å². The topological polar surface area (TPSA) is 36.9 Å². The van der Waals surface area contributed by atoms with Gasteiger partial charge < -0.3 is 18.1 Å². The van der Waals surface area contributed by atoms with Crippen LogP contribution in [0.5, 0.6) is 23.0 Å². The van der Waals surface area contributed by atoms with Crippen LogP contribution >= 0.6 is 18.1 Å². The van der Waals surface area contributed by atoms with Crippen molar-refractivity contribution in [2.24, 2.45) is 0 Å². The number of hydrogen-bond donors (Lipinski definition) is 0. The third-order valence-corrected chi connectivity index (χ3v) is 7.17. The Bertz CT molecular complexity index is 1290. The number of allylic oxidation sites excluding steroid dienone is 2. The van der Waals surface area contributed by atoms with Crippen LogP contribution < -0.4 is 18.1 Å². The van der Waals surface area contributed by atoms with E-state index >= 15 is 0 Å². The molecule has 4 aromatic carbocycles. The number of hydrogen-bond acceptors (Lipinski definition) is 4. The van der Waals surface area contributed by atoms with E-state index in [1.165, 1.54) is 0 Å². The summed E-state index contributed by atoms with van der Waals surface area (Å²) in [4.78, 5) is 0. The fourth-order valence-electron chi connectivity index (χ4n) is 4.02. The van der Waals surface area contributed by atoms with Gasteiger partial charge in [-0.25, -0.2) is 0 Å². The molecule has 0 saturated carbocycles. The third-order valence-electron chi connectivity index (χ3n) is 5.99.